The molecule has 2 aliphatic rings. The molecule has 2 aliphatic heterocycles. The van der Waals surface area contributed by atoms with Crippen LogP contribution in [-0.4, -0.2) is 44.2 Å². The lowest BCUT2D eigenvalue weighted by Gasteiger charge is -2.48. The van der Waals surface area contributed by atoms with Crippen molar-refractivity contribution in [3.63, 3.8) is 0 Å². The van der Waals surface area contributed by atoms with Gasteiger partial charge in [-0.25, -0.2) is 0 Å². The highest BCUT2D eigenvalue weighted by Gasteiger charge is 2.47. The molecule has 1 spiro atoms. The van der Waals surface area contributed by atoms with Gasteiger partial charge in [0, 0.05) is 50.4 Å². The van der Waals surface area contributed by atoms with E-state index >= 15 is 0 Å². The van der Waals surface area contributed by atoms with Gasteiger partial charge in [0.1, 0.15) is 0 Å². The third-order valence-electron chi connectivity index (χ3n) is 4.57. The normalized spacial score (nSPS) is 21.9. The third kappa shape index (κ3) is 2.49. The summed E-state index contributed by atoms with van der Waals surface area (Å²) >= 11 is 0. The Kier molecular flexibility index (Phi) is 3.27. The van der Waals surface area contributed by atoms with E-state index in [9.17, 15) is 0 Å². The van der Waals surface area contributed by atoms with Crippen molar-refractivity contribution >= 4 is 5.69 Å². The zero-order valence-corrected chi connectivity index (χ0v) is 12.2. The van der Waals surface area contributed by atoms with Gasteiger partial charge < -0.3 is 15.5 Å². The number of hydrogen-bond acceptors (Lipinski definition) is 3. The molecule has 0 aliphatic carbocycles. The molecule has 0 unspecified atom stereocenters. The average molecular weight is 259 g/mol. The molecule has 2 N–H and O–H groups in total. The number of nitrogens with zero attached hydrogens (tertiary/aromatic N) is 2. The van der Waals surface area contributed by atoms with E-state index in [1.807, 2.05) is 0 Å². The summed E-state index contributed by atoms with van der Waals surface area (Å²) in [6.07, 6.45) is 1.33. The Labute approximate surface area is 116 Å². The number of anilines is 1. The van der Waals surface area contributed by atoms with Gasteiger partial charge in [-0.1, -0.05) is 6.07 Å². The molecule has 104 valence electrons. The minimum Gasteiger partial charge on any atom is -0.371 e. The van der Waals surface area contributed by atoms with E-state index in [0.717, 1.165) is 13.1 Å². The molecule has 1 aromatic rings. The Hall–Kier alpha value is -1.06. The molecule has 0 aromatic heterocycles. The van der Waals surface area contributed by atoms with Gasteiger partial charge in [-0.2, -0.15) is 0 Å². The zero-order valence-electron chi connectivity index (χ0n) is 12.2. The van der Waals surface area contributed by atoms with Crippen LogP contribution in [0.15, 0.2) is 18.2 Å². The van der Waals surface area contributed by atoms with E-state index in [1.54, 1.807) is 0 Å². The van der Waals surface area contributed by atoms with Gasteiger partial charge in [-0.05, 0) is 43.5 Å². The van der Waals surface area contributed by atoms with Gasteiger partial charge in [0.25, 0.3) is 0 Å². The first-order valence-corrected chi connectivity index (χ1v) is 7.36. The van der Waals surface area contributed by atoms with Gasteiger partial charge in [-0.15, -0.1) is 0 Å². The molecule has 0 saturated carbocycles. The number of likely N-dealkylation sites (tertiary alicyclic amines) is 1. The summed E-state index contributed by atoms with van der Waals surface area (Å²) in [5, 5.41) is 0. The van der Waals surface area contributed by atoms with Gasteiger partial charge >= 0.3 is 0 Å². The highest BCUT2D eigenvalue weighted by atomic mass is 15.3. The monoisotopic (exact) mass is 259 g/mol. The van der Waals surface area contributed by atoms with Crippen molar-refractivity contribution in [3.05, 3.63) is 29.3 Å². The van der Waals surface area contributed by atoms with Crippen LogP contribution in [-0.2, 0) is 0 Å². The van der Waals surface area contributed by atoms with Crippen molar-refractivity contribution in [1.29, 1.82) is 0 Å². The van der Waals surface area contributed by atoms with Crippen LogP contribution in [0.4, 0.5) is 5.69 Å². The van der Waals surface area contributed by atoms with Gasteiger partial charge in [0.05, 0.1) is 0 Å². The molecule has 0 amide bonds. The van der Waals surface area contributed by atoms with Crippen LogP contribution in [0.1, 0.15) is 17.5 Å². The van der Waals surface area contributed by atoms with E-state index in [0.29, 0.717) is 5.41 Å². The predicted octanol–water partition coefficient (Wildman–Crippen LogP) is 1.77. The second-order valence-electron chi connectivity index (χ2n) is 6.52. The topological polar surface area (TPSA) is 32.5 Å². The number of rotatable bonds is 3. The lowest BCUT2D eigenvalue weighted by atomic mass is 9.79. The standard InChI is InChI=1S/C16H25N3/c1-13-7-14(2)9-15(8-13)19-5-3-16(12-19)10-18(11-16)6-4-17/h7-9H,3-6,10-12,17H2,1-2H3. The van der Waals surface area contributed by atoms with Crippen LogP contribution in [0.3, 0.4) is 0 Å². The van der Waals surface area contributed by atoms with Gasteiger partial charge in [-0.3, -0.25) is 0 Å². The summed E-state index contributed by atoms with van der Waals surface area (Å²) in [5.41, 5.74) is 10.3. The van der Waals surface area contributed by atoms with E-state index in [4.69, 9.17) is 5.73 Å². The Morgan fingerprint density at radius 3 is 2.42 bits per heavy atom. The molecule has 3 rings (SSSR count). The molecule has 2 fully saturated rings. The number of benzene rings is 1. The van der Waals surface area contributed by atoms with E-state index < -0.39 is 0 Å². The molecule has 0 radical (unpaired) electrons. The molecule has 2 saturated heterocycles. The smallest absolute Gasteiger partial charge is 0.0371 e. The highest BCUT2D eigenvalue weighted by Crippen LogP contribution is 2.41. The lowest BCUT2D eigenvalue weighted by Crippen LogP contribution is -2.58. The molecular weight excluding hydrogens is 234 g/mol. The number of aryl methyl sites for hydroxylation is 2. The molecule has 0 atom stereocenters. The first-order chi connectivity index (χ1) is 9.10. The SMILES string of the molecule is Cc1cc(C)cc(N2CCC3(CN(CCN)C3)C2)c1. The van der Waals surface area contributed by atoms with E-state index in [2.05, 4.69) is 41.8 Å². The largest absolute Gasteiger partial charge is 0.371 e. The second-order valence-corrected chi connectivity index (χ2v) is 6.52. The van der Waals surface area contributed by atoms with Crippen molar-refractivity contribution in [2.45, 2.75) is 20.3 Å². The fourth-order valence-corrected chi connectivity index (χ4v) is 3.79. The highest BCUT2D eigenvalue weighted by molar-refractivity contribution is 5.52. The molecule has 1 aromatic carbocycles. The minimum atomic E-state index is 0.548. The van der Waals surface area contributed by atoms with Crippen molar-refractivity contribution in [3.8, 4) is 0 Å². The Morgan fingerprint density at radius 1 is 1.11 bits per heavy atom. The number of hydrogen-bond donors (Lipinski definition) is 1. The fraction of sp³-hybridized carbons (Fsp3) is 0.625. The molecule has 19 heavy (non-hydrogen) atoms. The predicted molar refractivity (Wildman–Crippen MR) is 80.7 cm³/mol. The molecule has 2 heterocycles. The van der Waals surface area contributed by atoms with E-state index in [1.165, 1.54) is 49.4 Å². The quantitative estimate of drug-likeness (QED) is 0.898. The van der Waals surface area contributed by atoms with Gasteiger partial charge in [0.2, 0.25) is 0 Å². The third-order valence-corrected chi connectivity index (χ3v) is 4.57. The fourth-order valence-electron chi connectivity index (χ4n) is 3.79. The Morgan fingerprint density at radius 2 is 1.79 bits per heavy atom. The number of nitrogens with two attached hydrogens (primary N) is 1. The van der Waals surface area contributed by atoms with E-state index in [-0.39, 0.29) is 0 Å². The second kappa shape index (κ2) is 4.80. The zero-order chi connectivity index (χ0) is 13.5. The summed E-state index contributed by atoms with van der Waals surface area (Å²) in [6, 6.07) is 6.90. The maximum Gasteiger partial charge on any atom is 0.0371 e. The maximum atomic E-state index is 5.63. The maximum absolute atomic E-state index is 5.63. The van der Waals surface area contributed by atoms with Crippen LogP contribution in [0.5, 0.6) is 0 Å². The van der Waals surface area contributed by atoms with Crippen LogP contribution in [0, 0.1) is 19.3 Å². The van der Waals surface area contributed by atoms with Crippen LogP contribution in [0.25, 0.3) is 0 Å². The summed E-state index contributed by atoms with van der Waals surface area (Å²) in [7, 11) is 0. The summed E-state index contributed by atoms with van der Waals surface area (Å²) in [5.74, 6) is 0. The van der Waals surface area contributed by atoms with Gasteiger partial charge in [0.15, 0.2) is 0 Å². The van der Waals surface area contributed by atoms with Crippen LogP contribution < -0.4 is 10.6 Å². The average Bonchev–Trinajstić information content (AvgIpc) is 2.72. The summed E-state index contributed by atoms with van der Waals surface area (Å²) in [6.45, 7) is 11.1. The first kappa shape index (κ1) is 12.9. The molecular formula is C16H25N3. The summed E-state index contributed by atoms with van der Waals surface area (Å²) < 4.78 is 0. The Bertz CT molecular complexity index is 443. The molecule has 0 bridgehead atoms. The first-order valence-electron chi connectivity index (χ1n) is 7.36. The molecule has 3 nitrogen and oxygen atoms in total. The summed E-state index contributed by atoms with van der Waals surface area (Å²) in [4.78, 5) is 5.06. The van der Waals surface area contributed by atoms with Crippen molar-refractivity contribution in [2.24, 2.45) is 11.1 Å². The van der Waals surface area contributed by atoms with Crippen molar-refractivity contribution in [1.82, 2.24) is 4.90 Å². The molecule has 3 heteroatoms. The van der Waals surface area contributed by atoms with Crippen LogP contribution >= 0.6 is 0 Å². The van der Waals surface area contributed by atoms with Crippen LogP contribution in [0.2, 0.25) is 0 Å². The van der Waals surface area contributed by atoms with Crippen molar-refractivity contribution < 1.29 is 0 Å². The van der Waals surface area contributed by atoms with Crippen molar-refractivity contribution in [2.75, 3.05) is 44.2 Å². The Balaban J connectivity index is 1.66. The minimum absolute atomic E-state index is 0.548. The lowest BCUT2D eigenvalue weighted by molar-refractivity contribution is 0.0213.